The first-order valence-electron chi connectivity index (χ1n) is 8.25. The number of ether oxygens (including phenoxy) is 1. The van der Waals surface area contributed by atoms with Crippen molar-refractivity contribution in [2.75, 3.05) is 26.2 Å². The van der Waals surface area contributed by atoms with Crippen molar-refractivity contribution >= 4 is 17.2 Å². The minimum Gasteiger partial charge on any atom is -0.378 e. The van der Waals surface area contributed by atoms with Gasteiger partial charge in [0.05, 0.1) is 12.3 Å². The van der Waals surface area contributed by atoms with Crippen molar-refractivity contribution in [3.8, 4) is 10.6 Å². The molecule has 0 radical (unpaired) electrons. The third-order valence-corrected chi connectivity index (χ3v) is 5.11. The summed E-state index contributed by atoms with van der Waals surface area (Å²) in [6.07, 6.45) is 8.03. The Balaban J connectivity index is 1.55. The van der Waals surface area contributed by atoms with Gasteiger partial charge in [-0.2, -0.15) is 0 Å². The molecule has 1 aliphatic heterocycles. The van der Waals surface area contributed by atoms with Crippen LogP contribution in [0, 0.1) is 0 Å². The highest BCUT2D eigenvalue weighted by Gasteiger charge is 2.25. The quantitative estimate of drug-likeness (QED) is 0.811. The summed E-state index contributed by atoms with van der Waals surface area (Å²) < 4.78 is 5.79. The first-order valence-corrected chi connectivity index (χ1v) is 9.06. The third-order valence-electron chi connectivity index (χ3n) is 4.07. The SMILES string of the molecule is NCCCOC1CCN(C(=O)c2cnc(-c3ccncc3)s2)CC1. The van der Waals surface area contributed by atoms with Crippen LogP contribution in [0.1, 0.15) is 28.9 Å². The molecule has 24 heavy (non-hydrogen) atoms. The number of rotatable bonds is 6. The van der Waals surface area contributed by atoms with Crippen molar-refractivity contribution in [1.29, 1.82) is 0 Å². The molecule has 1 amide bonds. The maximum absolute atomic E-state index is 12.6. The molecule has 3 heterocycles. The molecule has 1 fully saturated rings. The Morgan fingerprint density at radius 1 is 1.33 bits per heavy atom. The van der Waals surface area contributed by atoms with Gasteiger partial charge in [0.25, 0.3) is 5.91 Å². The second kappa shape index (κ2) is 8.32. The molecule has 128 valence electrons. The van der Waals surface area contributed by atoms with Crippen LogP contribution in [-0.2, 0) is 4.74 Å². The summed E-state index contributed by atoms with van der Waals surface area (Å²) in [4.78, 5) is 23.6. The molecule has 1 saturated heterocycles. The highest BCUT2D eigenvalue weighted by atomic mass is 32.1. The van der Waals surface area contributed by atoms with Crippen LogP contribution in [0.15, 0.2) is 30.7 Å². The van der Waals surface area contributed by atoms with Crippen molar-refractivity contribution in [1.82, 2.24) is 14.9 Å². The number of nitrogens with zero attached hydrogens (tertiary/aromatic N) is 3. The molecule has 3 rings (SSSR count). The van der Waals surface area contributed by atoms with Gasteiger partial charge in [0.2, 0.25) is 0 Å². The Kier molecular flexibility index (Phi) is 5.90. The molecule has 0 saturated carbocycles. The smallest absolute Gasteiger partial charge is 0.265 e. The van der Waals surface area contributed by atoms with Crippen molar-refractivity contribution in [3.63, 3.8) is 0 Å². The van der Waals surface area contributed by atoms with Crippen molar-refractivity contribution in [3.05, 3.63) is 35.6 Å². The van der Waals surface area contributed by atoms with E-state index in [0.717, 1.165) is 42.9 Å². The van der Waals surface area contributed by atoms with Crippen LogP contribution >= 0.6 is 11.3 Å². The van der Waals surface area contributed by atoms with E-state index in [0.29, 0.717) is 18.0 Å². The lowest BCUT2D eigenvalue weighted by atomic mass is 10.1. The minimum absolute atomic E-state index is 0.0632. The number of piperidine rings is 1. The van der Waals surface area contributed by atoms with Gasteiger partial charge in [-0.3, -0.25) is 9.78 Å². The van der Waals surface area contributed by atoms with Gasteiger partial charge < -0.3 is 15.4 Å². The largest absolute Gasteiger partial charge is 0.378 e. The minimum atomic E-state index is 0.0632. The molecule has 0 aliphatic carbocycles. The van der Waals surface area contributed by atoms with Gasteiger partial charge in [0, 0.05) is 37.7 Å². The van der Waals surface area contributed by atoms with E-state index < -0.39 is 0 Å². The molecule has 0 unspecified atom stereocenters. The molecule has 0 bridgehead atoms. The van der Waals surface area contributed by atoms with Crippen LogP contribution in [0.5, 0.6) is 0 Å². The van der Waals surface area contributed by atoms with Gasteiger partial charge in [-0.1, -0.05) is 0 Å². The lowest BCUT2D eigenvalue weighted by Crippen LogP contribution is -2.40. The number of nitrogens with two attached hydrogens (primary N) is 1. The molecule has 2 N–H and O–H groups in total. The van der Waals surface area contributed by atoms with E-state index in [9.17, 15) is 4.79 Å². The Labute approximate surface area is 145 Å². The molecule has 0 atom stereocenters. The maximum Gasteiger partial charge on any atom is 0.265 e. The predicted molar refractivity (Wildman–Crippen MR) is 93.9 cm³/mol. The predicted octanol–water partition coefficient (Wildman–Crippen LogP) is 2.18. The Hall–Kier alpha value is -1.83. The highest BCUT2D eigenvalue weighted by molar-refractivity contribution is 7.16. The van der Waals surface area contributed by atoms with Crippen molar-refractivity contribution < 1.29 is 9.53 Å². The van der Waals surface area contributed by atoms with E-state index in [-0.39, 0.29) is 12.0 Å². The summed E-state index contributed by atoms with van der Waals surface area (Å²) in [5, 5.41) is 0.848. The monoisotopic (exact) mass is 346 g/mol. The first kappa shape index (κ1) is 17.0. The number of carbonyl (C=O) groups is 1. The number of carbonyl (C=O) groups excluding carboxylic acids is 1. The van der Waals surface area contributed by atoms with E-state index in [2.05, 4.69) is 9.97 Å². The van der Waals surface area contributed by atoms with Crippen molar-refractivity contribution in [2.45, 2.75) is 25.4 Å². The number of hydrogen-bond donors (Lipinski definition) is 1. The fourth-order valence-electron chi connectivity index (χ4n) is 2.72. The molecule has 0 aromatic carbocycles. The number of likely N-dealkylation sites (tertiary alicyclic amines) is 1. The third kappa shape index (κ3) is 4.17. The zero-order valence-corrected chi connectivity index (χ0v) is 14.4. The maximum atomic E-state index is 12.6. The Morgan fingerprint density at radius 3 is 2.79 bits per heavy atom. The van der Waals surface area contributed by atoms with E-state index in [1.165, 1.54) is 11.3 Å². The van der Waals surface area contributed by atoms with Gasteiger partial charge in [-0.15, -0.1) is 11.3 Å². The van der Waals surface area contributed by atoms with Gasteiger partial charge in [0.15, 0.2) is 0 Å². The molecule has 0 spiro atoms. The molecule has 7 heteroatoms. The van der Waals surface area contributed by atoms with Gasteiger partial charge >= 0.3 is 0 Å². The Morgan fingerprint density at radius 2 is 2.08 bits per heavy atom. The number of hydrogen-bond acceptors (Lipinski definition) is 6. The van der Waals surface area contributed by atoms with E-state index >= 15 is 0 Å². The second-order valence-corrected chi connectivity index (χ2v) is 6.80. The fourth-order valence-corrected chi connectivity index (χ4v) is 3.61. The summed E-state index contributed by atoms with van der Waals surface area (Å²) in [5.74, 6) is 0.0632. The van der Waals surface area contributed by atoms with Crippen molar-refractivity contribution in [2.24, 2.45) is 5.73 Å². The van der Waals surface area contributed by atoms with Crippen LogP contribution in [0.25, 0.3) is 10.6 Å². The number of amides is 1. The Bertz CT molecular complexity index is 654. The molecule has 2 aromatic rings. The van der Waals surface area contributed by atoms with Gasteiger partial charge in [-0.05, 0) is 37.9 Å². The van der Waals surface area contributed by atoms with Crippen LogP contribution in [0.2, 0.25) is 0 Å². The van der Waals surface area contributed by atoms with E-state index in [1.807, 2.05) is 17.0 Å². The zero-order chi connectivity index (χ0) is 16.8. The zero-order valence-electron chi connectivity index (χ0n) is 13.6. The summed E-state index contributed by atoms with van der Waals surface area (Å²) >= 11 is 1.43. The molecular weight excluding hydrogens is 324 g/mol. The number of thiazole rings is 1. The molecule has 1 aliphatic rings. The number of aromatic nitrogens is 2. The van der Waals surface area contributed by atoms with Crippen LogP contribution in [0.4, 0.5) is 0 Å². The standard InChI is InChI=1S/C17H22N4O2S/c18-6-1-11-23-14-4-9-21(10-5-14)17(22)15-12-20-16(24-15)13-2-7-19-8-3-13/h2-3,7-8,12,14H,1,4-6,9-11,18H2. The van der Waals surface area contributed by atoms with E-state index in [1.54, 1.807) is 18.6 Å². The topological polar surface area (TPSA) is 81.3 Å². The van der Waals surface area contributed by atoms with Crippen LogP contribution in [0.3, 0.4) is 0 Å². The number of pyridine rings is 1. The van der Waals surface area contributed by atoms with Crippen LogP contribution in [-0.4, -0.2) is 53.1 Å². The lowest BCUT2D eigenvalue weighted by molar-refractivity contribution is 0.00857. The van der Waals surface area contributed by atoms with Gasteiger partial charge in [-0.25, -0.2) is 4.98 Å². The summed E-state index contributed by atoms with van der Waals surface area (Å²) in [6, 6.07) is 3.80. The van der Waals surface area contributed by atoms with Gasteiger partial charge in [0.1, 0.15) is 9.88 Å². The average Bonchev–Trinajstić information content (AvgIpc) is 3.13. The van der Waals surface area contributed by atoms with Crippen LogP contribution < -0.4 is 5.73 Å². The fraction of sp³-hybridized carbons (Fsp3) is 0.471. The highest BCUT2D eigenvalue weighted by Crippen LogP contribution is 2.26. The summed E-state index contributed by atoms with van der Waals surface area (Å²) in [5.41, 5.74) is 6.46. The molecule has 6 nitrogen and oxygen atoms in total. The molecule has 2 aromatic heterocycles. The lowest BCUT2D eigenvalue weighted by Gasteiger charge is -2.31. The second-order valence-electron chi connectivity index (χ2n) is 5.77. The van der Waals surface area contributed by atoms with E-state index in [4.69, 9.17) is 10.5 Å². The summed E-state index contributed by atoms with van der Waals surface area (Å²) in [6.45, 7) is 2.82. The summed E-state index contributed by atoms with van der Waals surface area (Å²) in [7, 11) is 0. The average molecular weight is 346 g/mol. The first-order chi connectivity index (χ1) is 11.8. The molecular formula is C17H22N4O2S. The normalized spacial score (nSPS) is 15.6.